The number of nitrogens with one attached hydrogen (secondary N) is 1. The minimum atomic E-state index is 0.848. The lowest BCUT2D eigenvalue weighted by molar-refractivity contribution is 0.275. The first-order valence-electron chi connectivity index (χ1n) is 4.50. The number of rotatable bonds is 3. The molecule has 0 saturated heterocycles. The molecule has 0 spiro atoms. The molecule has 0 bridgehead atoms. The topological polar surface area (TPSA) is 12.0 Å². The molecule has 1 nitrogen and oxygen atoms in total. The van der Waals surface area contributed by atoms with E-state index < -0.39 is 0 Å². The Labute approximate surface area is 63.2 Å². The van der Waals surface area contributed by atoms with Crippen molar-refractivity contribution in [2.75, 3.05) is 6.54 Å². The van der Waals surface area contributed by atoms with E-state index in [4.69, 9.17) is 0 Å². The summed E-state index contributed by atoms with van der Waals surface area (Å²) in [5.41, 5.74) is 0. The lowest BCUT2D eigenvalue weighted by atomic mass is 9.84. The van der Waals surface area contributed by atoms with Gasteiger partial charge >= 0.3 is 0 Å². The molecular formula is C9H16N. The van der Waals surface area contributed by atoms with Gasteiger partial charge in [0.2, 0.25) is 0 Å². The molecule has 57 valence electrons. The third-order valence-corrected chi connectivity index (χ3v) is 2.82. The van der Waals surface area contributed by atoms with Gasteiger partial charge in [0.05, 0.1) is 0 Å². The van der Waals surface area contributed by atoms with Crippen LogP contribution >= 0.6 is 0 Å². The molecule has 2 fully saturated rings. The van der Waals surface area contributed by atoms with E-state index in [0.29, 0.717) is 0 Å². The lowest BCUT2D eigenvalue weighted by Crippen LogP contribution is -2.39. The highest BCUT2D eigenvalue weighted by Gasteiger charge is 2.21. The lowest BCUT2D eigenvalue weighted by Gasteiger charge is -2.31. The van der Waals surface area contributed by atoms with Gasteiger partial charge in [-0.1, -0.05) is 6.42 Å². The fourth-order valence-electron chi connectivity index (χ4n) is 1.53. The molecule has 0 heterocycles. The number of hydrogen-bond acceptors (Lipinski definition) is 1. The van der Waals surface area contributed by atoms with E-state index >= 15 is 0 Å². The zero-order chi connectivity index (χ0) is 6.81. The minimum Gasteiger partial charge on any atom is -0.314 e. The quantitative estimate of drug-likeness (QED) is 0.626. The molecule has 2 saturated carbocycles. The molecule has 0 unspecified atom stereocenters. The van der Waals surface area contributed by atoms with Gasteiger partial charge in [0.25, 0.3) is 0 Å². The molecule has 0 aliphatic heterocycles. The van der Waals surface area contributed by atoms with Crippen molar-refractivity contribution in [1.82, 2.24) is 5.32 Å². The van der Waals surface area contributed by atoms with E-state index in [0.717, 1.165) is 12.0 Å². The van der Waals surface area contributed by atoms with Gasteiger partial charge in [-0.3, -0.25) is 0 Å². The Kier molecular flexibility index (Phi) is 1.94. The molecule has 2 rings (SSSR count). The maximum Gasteiger partial charge on any atom is 0.00726 e. The minimum absolute atomic E-state index is 0.848. The molecule has 2 aliphatic rings. The van der Waals surface area contributed by atoms with Crippen LogP contribution in [0.2, 0.25) is 0 Å². The van der Waals surface area contributed by atoms with Gasteiger partial charge in [0, 0.05) is 6.04 Å². The average Bonchev–Trinajstić information content (AvgIpc) is 1.70. The zero-order valence-electron chi connectivity index (χ0n) is 6.47. The van der Waals surface area contributed by atoms with E-state index in [9.17, 15) is 0 Å². The highest BCUT2D eigenvalue weighted by Crippen LogP contribution is 2.26. The van der Waals surface area contributed by atoms with Gasteiger partial charge in [-0.25, -0.2) is 0 Å². The molecule has 0 aromatic rings. The SMILES string of the molecule is [CH]1CC(NCC2CCC2)C1. The fraction of sp³-hybridized carbons (Fsp3) is 0.889. The Morgan fingerprint density at radius 1 is 1.30 bits per heavy atom. The summed E-state index contributed by atoms with van der Waals surface area (Å²) >= 11 is 0. The summed E-state index contributed by atoms with van der Waals surface area (Å²) < 4.78 is 0. The second-order valence-electron chi connectivity index (χ2n) is 3.66. The van der Waals surface area contributed by atoms with Crippen molar-refractivity contribution in [2.24, 2.45) is 5.92 Å². The summed E-state index contributed by atoms with van der Waals surface area (Å²) in [4.78, 5) is 0. The first-order chi connectivity index (χ1) is 4.95. The van der Waals surface area contributed by atoms with Crippen LogP contribution in [-0.4, -0.2) is 12.6 Å². The molecule has 1 heteroatoms. The van der Waals surface area contributed by atoms with E-state index in [1.807, 2.05) is 0 Å². The summed E-state index contributed by atoms with van der Waals surface area (Å²) in [5, 5.41) is 3.59. The predicted octanol–water partition coefficient (Wildman–Crippen LogP) is 1.74. The molecule has 2 aliphatic carbocycles. The van der Waals surface area contributed by atoms with Gasteiger partial charge in [-0.05, 0) is 44.6 Å². The zero-order valence-corrected chi connectivity index (χ0v) is 6.47. The van der Waals surface area contributed by atoms with Gasteiger partial charge in [-0.15, -0.1) is 0 Å². The Morgan fingerprint density at radius 3 is 2.50 bits per heavy atom. The average molecular weight is 138 g/mol. The smallest absolute Gasteiger partial charge is 0.00726 e. The van der Waals surface area contributed by atoms with Crippen molar-refractivity contribution in [3.8, 4) is 0 Å². The normalized spacial score (nSPS) is 27.6. The largest absolute Gasteiger partial charge is 0.314 e. The van der Waals surface area contributed by atoms with E-state index in [1.165, 1.54) is 38.6 Å². The van der Waals surface area contributed by atoms with Crippen LogP contribution in [0.3, 0.4) is 0 Å². The Hall–Kier alpha value is -0.0400. The van der Waals surface area contributed by atoms with Crippen LogP contribution in [0.5, 0.6) is 0 Å². The van der Waals surface area contributed by atoms with E-state index in [2.05, 4.69) is 11.7 Å². The Balaban J connectivity index is 1.54. The van der Waals surface area contributed by atoms with Crippen LogP contribution in [0.1, 0.15) is 32.1 Å². The van der Waals surface area contributed by atoms with Crippen LogP contribution < -0.4 is 5.32 Å². The summed E-state index contributed by atoms with van der Waals surface area (Å²) in [6.45, 7) is 1.29. The van der Waals surface area contributed by atoms with Crippen molar-refractivity contribution in [1.29, 1.82) is 0 Å². The molecule has 1 N–H and O–H groups in total. The van der Waals surface area contributed by atoms with Crippen LogP contribution in [0.25, 0.3) is 0 Å². The predicted molar refractivity (Wildman–Crippen MR) is 42.7 cm³/mol. The molecule has 0 amide bonds. The summed E-state index contributed by atoms with van der Waals surface area (Å²) in [6, 6.07) is 0.848. The Bertz CT molecular complexity index is 89.3. The van der Waals surface area contributed by atoms with Crippen LogP contribution in [0.15, 0.2) is 0 Å². The molecule has 0 aromatic carbocycles. The molecule has 0 atom stereocenters. The number of hydrogen-bond donors (Lipinski definition) is 1. The van der Waals surface area contributed by atoms with Gasteiger partial charge in [0.15, 0.2) is 0 Å². The fourth-order valence-corrected chi connectivity index (χ4v) is 1.53. The maximum atomic E-state index is 3.59. The molecule has 10 heavy (non-hydrogen) atoms. The summed E-state index contributed by atoms with van der Waals surface area (Å²) in [6.07, 6.45) is 9.41. The standard InChI is InChI=1S/C9H16N/c1-3-8(4-1)7-10-9-5-2-6-9/h2,8-10H,1,3-7H2. The third kappa shape index (κ3) is 1.34. The van der Waals surface area contributed by atoms with Crippen LogP contribution in [-0.2, 0) is 0 Å². The van der Waals surface area contributed by atoms with Crippen molar-refractivity contribution < 1.29 is 0 Å². The van der Waals surface area contributed by atoms with Gasteiger partial charge in [0.1, 0.15) is 0 Å². The highest BCUT2D eigenvalue weighted by molar-refractivity contribution is 4.91. The monoisotopic (exact) mass is 138 g/mol. The van der Waals surface area contributed by atoms with E-state index in [-0.39, 0.29) is 0 Å². The second kappa shape index (κ2) is 2.91. The van der Waals surface area contributed by atoms with Crippen molar-refractivity contribution in [3.05, 3.63) is 6.42 Å². The van der Waals surface area contributed by atoms with Gasteiger partial charge in [-0.2, -0.15) is 0 Å². The first kappa shape index (κ1) is 6.66. The maximum absolute atomic E-state index is 3.59. The van der Waals surface area contributed by atoms with Crippen LogP contribution in [0.4, 0.5) is 0 Å². The van der Waals surface area contributed by atoms with Crippen molar-refractivity contribution in [3.63, 3.8) is 0 Å². The summed E-state index contributed by atoms with van der Waals surface area (Å²) in [5.74, 6) is 1.03. The Morgan fingerprint density at radius 2 is 2.10 bits per heavy atom. The second-order valence-corrected chi connectivity index (χ2v) is 3.66. The summed E-state index contributed by atoms with van der Waals surface area (Å²) in [7, 11) is 0. The molecule has 1 radical (unpaired) electrons. The van der Waals surface area contributed by atoms with Gasteiger partial charge < -0.3 is 5.32 Å². The third-order valence-electron chi connectivity index (χ3n) is 2.82. The molecule has 0 aromatic heterocycles. The van der Waals surface area contributed by atoms with E-state index in [1.54, 1.807) is 0 Å². The first-order valence-corrected chi connectivity index (χ1v) is 4.50. The molecular weight excluding hydrogens is 122 g/mol. The van der Waals surface area contributed by atoms with Crippen molar-refractivity contribution in [2.45, 2.75) is 38.1 Å². The van der Waals surface area contributed by atoms with Crippen LogP contribution in [0, 0.1) is 12.3 Å². The highest BCUT2D eigenvalue weighted by atomic mass is 14.9. The van der Waals surface area contributed by atoms with Crippen molar-refractivity contribution >= 4 is 0 Å².